The van der Waals surface area contributed by atoms with Crippen molar-refractivity contribution < 1.29 is 23.4 Å². The number of piperazine rings is 1. The summed E-state index contributed by atoms with van der Waals surface area (Å²) < 4.78 is 34.7. The Morgan fingerprint density at radius 1 is 1.12 bits per heavy atom. The summed E-state index contributed by atoms with van der Waals surface area (Å²) in [5.74, 6) is -2.86. The third-order valence-corrected chi connectivity index (χ3v) is 10.7. The third-order valence-electron chi connectivity index (χ3n) is 10.7. The molecule has 4 fully saturated rings. The number of fused-ring (bicyclic) bond motifs is 1. The minimum absolute atomic E-state index is 0.0116. The van der Waals surface area contributed by atoms with E-state index in [1.807, 2.05) is 24.3 Å². The SMILES string of the molecule is CC1(C)CCC(CN2CCN(c3ccc(C(=O)O)c(Oc4cnc5[nH]ccc5c4)c3)CC2)=C(C23CC(C(C)(F)F)(C2)C3)C1. The van der Waals surface area contributed by atoms with Gasteiger partial charge in [0.2, 0.25) is 0 Å². The van der Waals surface area contributed by atoms with Crippen LogP contribution in [0.5, 0.6) is 11.5 Å². The highest BCUT2D eigenvalue weighted by molar-refractivity contribution is 5.92. The molecule has 0 amide bonds. The lowest BCUT2D eigenvalue weighted by Crippen LogP contribution is -2.69. The molecule has 4 aliphatic carbocycles. The van der Waals surface area contributed by atoms with Crippen LogP contribution in [0.15, 0.2) is 53.9 Å². The molecule has 8 rings (SSSR count). The van der Waals surface area contributed by atoms with Crippen molar-refractivity contribution in [2.24, 2.45) is 16.2 Å². The number of aromatic nitrogens is 2. The molecule has 3 saturated carbocycles. The smallest absolute Gasteiger partial charge is 0.339 e. The van der Waals surface area contributed by atoms with Gasteiger partial charge in [0.25, 0.3) is 5.92 Å². The Morgan fingerprint density at radius 3 is 2.56 bits per heavy atom. The molecule has 0 spiro atoms. The first-order valence-corrected chi connectivity index (χ1v) is 15.4. The Hall–Kier alpha value is -3.46. The highest BCUT2D eigenvalue weighted by atomic mass is 19.3. The largest absolute Gasteiger partial charge is 0.478 e. The summed E-state index contributed by atoms with van der Waals surface area (Å²) >= 11 is 0. The Balaban J connectivity index is 1.04. The van der Waals surface area contributed by atoms with E-state index in [0.717, 1.165) is 75.6 Å². The molecule has 43 heavy (non-hydrogen) atoms. The van der Waals surface area contributed by atoms with E-state index < -0.39 is 17.3 Å². The zero-order valence-corrected chi connectivity index (χ0v) is 25.2. The zero-order chi connectivity index (χ0) is 30.2. The number of rotatable bonds is 8. The minimum Gasteiger partial charge on any atom is -0.478 e. The first-order chi connectivity index (χ1) is 20.4. The molecule has 0 radical (unpaired) electrons. The predicted octanol–water partition coefficient (Wildman–Crippen LogP) is 7.51. The molecule has 3 heterocycles. The second-order valence-corrected chi connectivity index (χ2v) is 14.3. The van der Waals surface area contributed by atoms with Gasteiger partial charge in [-0.1, -0.05) is 25.0 Å². The van der Waals surface area contributed by atoms with Crippen LogP contribution in [0, 0.1) is 16.2 Å². The van der Waals surface area contributed by atoms with Gasteiger partial charge < -0.3 is 19.7 Å². The number of carboxylic acid groups (broad SMARTS) is 1. The number of carbonyl (C=O) groups is 1. The van der Waals surface area contributed by atoms with E-state index >= 15 is 0 Å². The van der Waals surface area contributed by atoms with E-state index in [1.54, 1.807) is 18.5 Å². The molecular weight excluding hydrogens is 550 g/mol. The van der Waals surface area contributed by atoms with E-state index in [9.17, 15) is 18.7 Å². The van der Waals surface area contributed by atoms with E-state index in [0.29, 0.717) is 25.0 Å². The number of H-pyrrole nitrogens is 1. The van der Waals surface area contributed by atoms with Gasteiger partial charge in [0.1, 0.15) is 22.7 Å². The topological polar surface area (TPSA) is 81.7 Å². The number of benzene rings is 1. The Bertz CT molecular complexity index is 1590. The Kier molecular flexibility index (Phi) is 6.44. The lowest BCUT2D eigenvalue weighted by molar-refractivity contribution is -0.295. The maximum Gasteiger partial charge on any atom is 0.339 e. The van der Waals surface area contributed by atoms with Crippen LogP contribution in [0.2, 0.25) is 0 Å². The number of halogens is 2. The summed E-state index contributed by atoms with van der Waals surface area (Å²) in [5, 5.41) is 10.7. The minimum atomic E-state index is -2.59. The fourth-order valence-electron chi connectivity index (χ4n) is 8.15. The molecular formula is C34H40F2N4O3. The Morgan fingerprint density at radius 2 is 1.86 bits per heavy atom. The Labute approximate surface area is 250 Å². The van der Waals surface area contributed by atoms with Crippen molar-refractivity contribution in [1.29, 1.82) is 0 Å². The molecule has 0 unspecified atom stereocenters. The molecule has 1 aliphatic heterocycles. The fraction of sp³-hybridized carbons (Fsp3) is 0.529. The summed E-state index contributed by atoms with van der Waals surface area (Å²) in [5.41, 5.74) is 4.24. The zero-order valence-electron chi connectivity index (χ0n) is 25.2. The summed E-state index contributed by atoms with van der Waals surface area (Å²) in [4.78, 5) is 24.1. The number of pyridine rings is 1. The first-order valence-electron chi connectivity index (χ1n) is 15.4. The third kappa shape index (κ3) is 4.89. The number of allylic oxidation sites excluding steroid dienone is 1. The standard InChI is InChI=1S/C34H40F2N4O3/c1-31(2)8-6-23(27(16-31)33-19-34(20-33,21-33)32(3,35)36)18-39-10-12-40(13-11-39)24-4-5-26(30(41)42)28(15-24)43-25-14-22-7-9-37-29(22)38-17-25/h4-5,7,9,14-15,17H,6,8,10-13,16,18-21H2,1-3H3,(H,37,38)(H,41,42). The molecule has 7 nitrogen and oxygen atoms in total. The van der Waals surface area contributed by atoms with Gasteiger partial charge in [0.15, 0.2) is 0 Å². The molecule has 228 valence electrons. The number of anilines is 1. The van der Waals surface area contributed by atoms with Crippen molar-refractivity contribution in [3.63, 3.8) is 0 Å². The van der Waals surface area contributed by atoms with Crippen LogP contribution < -0.4 is 9.64 Å². The van der Waals surface area contributed by atoms with Gasteiger partial charge in [-0.3, -0.25) is 4.90 Å². The van der Waals surface area contributed by atoms with Gasteiger partial charge in [-0.15, -0.1) is 0 Å². The van der Waals surface area contributed by atoms with Crippen LogP contribution in [0.1, 0.15) is 69.7 Å². The van der Waals surface area contributed by atoms with Gasteiger partial charge in [-0.05, 0) is 80.5 Å². The van der Waals surface area contributed by atoms with E-state index in [-0.39, 0.29) is 22.1 Å². The second-order valence-electron chi connectivity index (χ2n) is 14.3. The van der Waals surface area contributed by atoms with Crippen LogP contribution in [-0.2, 0) is 0 Å². The van der Waals surface area contributed by atoms with Crippen LogP contribution in [0.4, 0.5) is 14.5 Å². The van der Waals surface area contributed by atoms with E-state index in [4.69, 9.17) is 4.74 Å². The lowest BCUT2D eigenvalue weighted by Gasteiger charge is -2.74. The van der Waals surface area contributed by atoms with Crippen LogP contribution in [-0.4, -0.2) is 64.6 Å². The monoisotopic (exact) mass is 590 g/mol. The number of hydrogen-bond acceptors (Lipinski definition) is 5. The summed E-state index contributed by atoms with van der Waals surface area (Å²) in [6, 6.07) is 9.01. The maximum atomic E-state index is 14.3. The molecule has 5 aliphatic rings. The normalized spacial score (nSPS) is 27.1. The molecule has 2 N–H and O–H groups in total. The van der Waals surface area contributed by atoms with Crippen LogP contribution in [0.3, 0.4) is 0 Å². The highest BCUT2D eigenvalue weighted by Crippen LogP contribution is 2.81. The lowest BCUT2D eigenvalue weighted by atomic mass is 9.30. The van der Waals surface area contributed by atoms with Crippen LogP contribution >= 0.6 is 0 Å². The maximum absolute atomic E-state index is 14.3. The second kappa shape index (κ2) is 9.78. The van der Waals surface area contributed by atoms with Gasteiger partial charge in [0, 0.05) is 61.5 Å². The summed E-state index contributed by atoms with van der Waals surface area (Å²) in [7, 11) is 0. The number of carboxylic acids is 1. The van der Waals surface area contributed by atoms with Crippen molar-refractivity contribution in [3.8, 4) is 11.5 Å². The van der Waals surface area contributed by atoms with Gasteiger partial charge >= 0.3 is 5.97 Å². The van der Waals surface area contributed by atoms with Crippen molar-refractivity contribution in [3.05, 3.63) is 59.4 Å². The fourth-order valence-corrected chi connectivity index (χ4v) is 8.15. The molecule has 1 saturated heterocycles. The molecule has 3 aromatic rings. The highest BCUT2D eigenvalue weighted by Gasteiger charge is 2.76. The number of aromatic carboxylic acids is 1. The molecule has 2 aromatic heterocycles. The van der Waals surface area contributed by atoms with Crippen molar-refractivity contribution >= 4 is 22.7 Å². The van der Waals surface area contributed by atoms with Crippen molar-refractivity contribution in [1.82, 2.24) is 14.9 Å². The molecule has 0 atom stereocenters. The average molecular weight is 591 g/mol. The molecule has 2 bridgehead atoms. The molecule has 1 aromatic carbocycles. The van der Waals surface area contributed by atoms with Gasteiger partial charge in [-0.25, -0.2) is 18.6 Å². The number of alkyl halides is 2. The van der Waals surface area contributed by atoms with Crippen LogP contribution in [0.25, 0.3) is 11.0 Å². The van der Waals surface area contributed by atoms with Crippen molar-refractivity contribution in [2.45, 2.75) is 65.2 Å². The van der Waals surface area contributed by atoms with Crippen molar-refractivity contribution in [2.75, 3.05) is 37.6 Å². The van der Waals surface area contributed by atoms with E-state index in [2.05, 4.69) is 33.6 Å². The van der Waals surface area contributed by atoms with Gasteiger partial charge in [0.05, 0.1) is 6.20 Å². The quantitative estimate of drug-likeness (QED) is 0.264. The summed E-state index contributed by atoms with van der Waals surface area (Å²) in [6.45, 7) is 10.1. The number of ether oxygens (including phenoxy) is 1. The number of nitrogens with one attached hydrogen (secondary N) is 1. The number of hydrogen-bond donors (Lipinski definition) is 2. The number of aromatic amines is 1. The van der Waals surface area contributed by atoms with Gasteiger partial charge in [-0.2, -0.15) is 0 Å². The average Bonchev–Trinajstić information content (AvgIpc) is 3.36. The van der Waals surface area contributed by atoms with E-state index in [1.165, 1.54) is 11.1 Å². The number of nitrogens with zero attached hydrogens (tertiary/aromatic N) is 3. The molecule has 9 heteroatoms. The first kappa shape index (κ1) is 28.3. The summed E-state index contributed by atoms with van der Waals surface area (Å²) in [6.07, 6.45) is 8.57. The predicted molar refractivity (Wildman–Crippen MR) is 162 cm³/mol.